The van der Waals surface area contributed by atoms with Gasteiger partial charge in [0, 0.05) is 19.3 Å². The molecule has 0 saturated heterocycles. The molecule has 1 unspecified atom stereocenters. The normalized spacial score (nSPS) is 12.9. The van der Waals surface area contributed by atoms with Crippen molar-refractivity contribution >= 4 is 17.9 Å². The smallest absolute Gasteiger partial charge is 0.306 e. The van der Waals surface area contributed by atoms with Crippen LogP contribution in [0.15, 0.2) is 122 Å². The highest BCUT2D eigenvalue weighted by atomic mass is 16.6. The van der Waals surface area contributed by atoms with E-state index in [2.05, 4.69) is 142 Å². The molecule has 0 aliphatic heterocycles. The van der Waals surface area contributed by atoms with E-state index in [-0.39, 0.29) is 31.1 Å². The molecule has 0 heterocycles. The van der Waals surface area contributed by atoms with Crippen LogP contribution in [0.1, 0.15) is 278 Å². The fraction of sp³-hybridized carbons (Fsp3) is 0.667. The van der Waals surface area contributed by atoms with E-state index in [1.807, 2.05) is 0 Å². The SMILES string of the molecule is CC/C=C\C/C=C\C/C=C\C/C=C\C/C=C\C/C=C\C/C=C\C/C=C\C/C=C\CCCCCC(=O)OCC(COC(=O)CCCCCCC)OC(=O)CCCCCCCCCCC/C=C\CCCCCCCCCC. The molecule has 0 bridgehead atoms. The summed E-state index contributed by atoms with van der Waals surface area (Å²) in [4.78, 5) is 37.9. The van der Waals surface area contributed by atoms with Gasteiger partial charge in [-0.15, -0.1) is 0 Å². The second-order valence-corrected chi connectivity index (χ2v) is 20.2. The quantitative estimate of drug-likeness (QED) is 0.0261. The van der Waals surface area contributed by atoms with Crippen LogP contribution in [-0.4, -0.2) is 37.2 Å². The predicted molar refractivity (Wildman–Crippen MR) is 325 cm³/mol. The van der Waals surface area contributed by atoms with Gasteiger partial charge in [-0.05, 0) is 116 Å². The van der Waals surface area contributed by atoms with Gasteiger partial charge >= 0.3 is 17.9 Å². The summed E-state index contributed by atoms with van der Waals surface area (Å²) in [5.74, 6) is -0.941. The molecule has 6 nitrogen and oxygen atoms in total. The molecule has 0 N–H and O–H groups in total. The highest BCUT2D eigenvalue weighted by molar-refractivity contribution is 5.71. The number of unbranched alkanes of at least 4 members (excludes halogenated alkanes) is 24. The van der Waals surface area contributed by atoms with Gasteiger partial charge < -0.3 is 14.2 Å². The fourth-order valence-electron chi connectivity index (χ4n) is 8.31. The van der Waals surface area contributed by atoms with Crippen LogP contribution >= 0.6 is 0 Å². The number of hydrogen-bond donors (Lipinski definition) is 0. The molecule has 0 aliphatic carbocycles. The number of rotatable bonds is 55. The Labute approximate surface area is 462 Å². The maximum atomic E-state index is 12.8. The monoisotopic (exact) mass is 1040 g/mol. The first-order valence-corrected chi connectivity index (χ1v) is 31.0. The molecule has 0 aromatic heterocycles. The number of carbonyl (C=O) groups is 3. The van der Waals surface area contributed by atoms with Gasteiger partial charge in [-0.1, -0.05) is 264 Å². The number of esters is 3. The van der Waals surface area contributed by atoms with Gasteiger partial charge in [-0.2, -0.15) is 0 Å². The van der Waals surface area contributed by atoms with E-state index in [0.717, 1.165) is 135 Å². The first-order valence-electron chi connectivity index (χ1n) is 31.0. The van der Waals surface area contributed by atoms with Crippen LogP contribution in [0.4, 0.5) is 0 Å². The van der Waals surface area contributed by atoms with Gasteiger partial charge in [-0.3, -0.25) is 14.4 Å². The number of ether oxygens (including phenoxy) is 3. The number of hydrogen-bond acceptors (Lipinski definition) is 6. The van der Waals surface area contributed by atoms with Gasteiger partial charge in [0.25, 0.3) is 0 Å². The minimum atomic E-state index is -0.792. The Kier molecular flexibility index (Phi) is 58.9. The summed E-state index contributed by atoms with van der Waals surface area (Å²) in [6.07, 6.45) is 86.8. The third kappa shape index (κ3) is 60.6. The van der Waals surface area contributed by atoms with Gasteiger partial charge in [0.1, 0.15) is 13.2 Å². The van der Waals surface area contributed by atoms with Crippen molar-refractivity contribution in [1.82, 2.24) is 0 Å². The minimum absolute atomic E-state index is 0.0916. The van der Waals surface area contributed by atoms with Crippen LogP contribution in [0.5, 0.6) is 0 Å². The number of carbonyl (C=O) groups excluding carboxylic acids is 3. The molecule has 0 saturated carbocycles. The van der Waals surface area contributed by atoms with E-state index >= 15 is 0 Å². The molecular formula is C69H114O6. The minimum Gasteiger partial charge on any atom is -0.462 e. The summed E-state index contributed by atoms with van der Waals surface area (Å²) in [5, 5.41) is 0. The van der Waals surface area contributed by atoms with Crippen LogP contribution in [0.2, 0.25) is 0 Å². The van der Waals surface area contributed by atoms with Crippen molar-refractivity contribution in [3.05, 3.63) is 122 Å². The van der Waals surface area contributed by atoms with E-state index in [0.29, 0.717) is 19.3 Å². The molecule has 0 aliphatic rings. The van der Waals surface area contributed by atoms with Gasteiger partial charge in [0.05, 0.1) is 0 Å². The van der Waals surface area contributed by atoms with Crippen molar-refractivity contribution in [2.45, 2.75) is 284 Å². The Balaban J connectivity index is 4.17. The maximum Gasteiger partial charge on any atom is 0.306 e. The predicted octanol–water partition coefficient (Wildman–Crippen LogP) is 21.2. The van der Waals surface area contributed by atoms with Gasteiger partial charge in [-0.25, -0.2) is 0 Å². The summed E-state index contributed by atoms with van der Waals surface area (Å²) in [7, 11) is 0. The first-order chi connectivity index (χ1) is 37.0. The summed E-state index contributed by atoms with van der Waals surface area (Å²) in [6.45, 7) is 6.42. The highest BCUT2D eigenvalue weighted by Crippen LogP contribution is 2.15. The first kappa shape index (κ1) is 70.8. The third-order valence-electron chi connectivity index (χ3n) is 13.0. The lowest BCUT2D eigenvalue weighted by Gasteiger charge is -2.18. The summed E-state index contributed by atoms with van der Waals surface area (Å²) in [5.41, 5.74) is 0. The fourth-order valence-corrected chi connectivity index (χ4v) is 8.31. The number of allylic oxidation sites excluding steroid dienone is 20. The van der Waals surface area contributed by atoms with Crippen molar-refractivity contribution < 1.29 is 28.6 Å². The van der Waals surface area contributed by atoms with Crippen LogP contribution in [0.25, 0.3) is 0 Å². The van der Waals surface area contributed by atoms with E-state index in [4.69, 9.17) is 14.2 Å². The van der Waals surface area contributed by atoms with Gasteiger partial charge in [0.2, 0.25) is 0 Å². The Morgan fingerprint density at radius 3 is 0.840 bits per heavy atom. The second kappa shape index (κ2) is 62.4. The van der Waals surface area contributed by atoms with Crippen molar-refractivity contribution in [3.63, 3.8) is 0 Å². The van der Waals surface area contributed by atoms with Gasteiger partial charge in [0.15, 0.2) is 6.10 Å². The van der Waals surface area contributed by atoms with Crippen molar-refractivity contribution in [3.8, 4) is 0 Å². The zero-order chi connectivity index (χ0) is 54.3. The molecule has 75 heavy (non-hydrogen) atoms. The Bertz CT molecular complexity index is 1570. The Morgan fingerprint density at radius 1 is 0.280 bits per heavy atom. The van der Waals surface area contributed by atoms with Crippen molar-refractivity contribution in [1.29, 1.82) is 0 Å². The lowest BCUT2D eigenvalue weighted by Crippen LogP contribution is -2.30. The third-order valence-corrected chi connectivity index (χ3v) is 13.0. The zero-order valence-corrected chi connectivity index (χ0v) is 48.8. The lowest BCUT2D eigenvalue weighted by molar-refractivity contribution is -0.167. The van der Waals surface area contributed by atoms with Crippen LogP contribution in [0, 0.1) is 0 Å². The standard InChI is InChI=1S/C69H114O6/c1-4-7-10-13-15-17-19-21-23-25-27-29-30-31-32-33-34-35-36-37-38-40-41-43-45-47-49-51-53-56-59-62-68(71)74-65-66(64-73-67(70)61-58-55-12-9-6-3)75-69(72)63-60-57-54-52-50-48-46-44-42-39-28-26-24-22-20-18-16-14-11-8-5-2/h7,10,15,17,21,23,26-29,31-32,34-35,37-38,41,43,47,49,66H,4-6,8-9,11-14,16,18-20,22,24-25,30,33,36,39-40,42,44-46,48,50-65H2,1-3H3/b10-7-,17-15-,23-21-,28-26-,29-27-,32-31-,35-34-,38-37-,43-41-,49-47-. The highest BCUT2D eigenvalue weighted by Gasteiger charge is 2.19. The molecule has 0 radical (unpaired) electrons. The average Bonchev–Trinajstić information content (AvgIpc) is 3.41. The van der Waals surface area contributed by atoms with Crippen LogP contribution < -0.4 is 0 Å². The molecule has 426 valence electrons. The molecule has 0 spiro atoms. The molecular weight excluding hydrogens is 925 g/mol. The van der Waals surface area contributed by atoms with E-state index in [1.165, 1.54) is 103 Å². The summed E-state index contributed by atoms with van der Waals surface area (Å²) >= 11 is 0. The van der Waals surface area contributed by atoms with Crippen molar-refractivity contribution in [2.75, 3.05) is 13.2 Å². The Morgan fingerprint density at radius 2 is 0.520 bits per heavy atom. The average molecular weight is 1040 g/mol. The molecule has 0 amide bonds. The molecule has 1 atom stereocenters. The molecule has 0 fully saturated rings. The lowest BCUT2D eigenvalue weighted by atomic mass is 10.1. The topological polar surface area (TPSA) is 78.9 Å². The van der Waals surface area contributed by atoms with E-state index < -0.39 is 6.10 Å². The van der Waals surface area contributed by atoms with Crippen LogP contribution in [0.3, 0.4) is 0 Å². The van der Waals surface area contributed by atoms with E-state index in [1.54, 1.807) is 0 Å². The zero-order valence-electron chi connectivity index (χ0n) is 48.8. The maximum absolute atomic E-state index is 12.8. The molecule has 6 heteroatoms. The molecule has 0 rings (SSSR count). The molecule has 0 aromatic carbocycles. The van der Waals surface area contributed by atoms with Crippen molar-refractivity contribution in [2.24, 2.45) is 0 Å². The molecule has 0 aromatic rings. The summed E-state index contributed by atoms with van der Waals surface area (Å²) < 4.78 is 16.7. The second-order valence-electron chi connectivity index (χ2n) is 20.2. The van der Waals surface area contributed by atoms with E-state index in [9.17, 15) is 14.4 Å². The van der Waals surface area contributed by atoms with Crippen LogP contribution in [-0.2, 0) is 28.6 Å². The Hall–Kier alpha value is -4.19. The largest absolute Gasteiger partial charge is 0.462 e. The summed E-state index contributed by atoms with van der Waals surface area (Å²) in [6, 6.07) is 0.